The van der Waals surface area contributed by atoms with Crippen LogP contribution in [0.4, 0.5) is 0 Å². The van der Waals surface area contributed by atoms with E-state index < -0.39 is 3.79 Å². The van der Waals surface area contributed by atoms with Crippen LogP contribution in [0.3, 0.4) is 0 Å². The van der Waals surface area contributed by atoms with Gasteiger partial charge in [-0.05, 0) is 6.42 Å². The van der Waals surface area contributed by atoms with Crippen LogP contribution in [0.25, 0.3) is 0 Å². The number of hydrogen-bond acceptors (Lipinski definition) is 2. The van der Waals surface area contributed by atoms with Crippen LogP contribution < -0.4 is 0 Å². The minimum absolute atomic E-state index is 0.447. The van der Waals surface area contributed by atoms with Crippen molar-refractivity contribution in [1.82, 2.24) is 0 Å². The fourth-order valence-corrected chi connectivity index (χ4v) is 3.88. The molecule has 74 valence electrons. The lowest BCUT2D eigenvalue weighted by Gasteiger charge is -2.18. The van der Waals surface area contributed by atoms with E-state index in [0.717, 1.165) is 12.2 Å². The zero-order valence-corrected chi connectivity index (χ0v) is 11.0. The van der Waals surface area contributed by atoms with Crippen LogP contribution in [-0.2, 0) is 0 Å². The molecule has 0 rings (SSSR count). The maximum atomic E-state index is 5.69. The molecule has 0 radical (unpaired) electrons. The summed E-state index contributed by atoms with van der Waals surface area (Å²) in [7, 11) is 3.63. The fraction of sp³-hybridized carbons (Fsp3) is 1.00. The van der Waals surface area contributed by atoms with Crippen LogP contribution in [0.15, 0.2) is 0 Å². The summed E-state index contributed by atoms with van der Waals surface area (Å²) in [6.45, 7) is 4.24. The SMILES string of the molecule is CCSSC(CC)CC(Cl)(Cl)Cl. The highest BCUT2D eigenvalue weighted by Gasteiger charge is 2.24. The van der Waals surface area contributed by atoms with Crippen molar-refractivity contribution in [2.24, 2.45) is 0 Å². The maximum Gasteiger partial charge on any atom is 0.191 e. The van der Waals surface area contributed by atoms with E-state index in [2.05, 4.69) is 13.8 Å². The molecule has 5 heteroatoms. The van der Waals surface area contributed by atoms with Crippen molar-refractivity contribution in [2.45, 2.75) is 35.7 Å². The largest absolute Gasteiger partial charge is 0.191 e. The Labute approximate surface area is 97.5 Å². The Kier molecular flexibility index (Phi) is 7.85. The number of hydrogen-bond donors (Lipinski definition) is 0. The van der Waals surface area contributed by atoms with Crippen LogP contribution in [0.5, 0.6) is 0 Å². The molecular weight excluding hydrogens is 255 g/mol. The van der Waals surface area contributed by atoms with Crippen molar-refractivity contribution < 1.29 is 0 Å². The van der Waals surface area contributed by atoms with Gasteiger partial charge in [0, 0.05) is 17.4 Å². The Morgan fingerprint density at radius 2 is 1.83 bits per heavy atom. The summed E-state index contributed by atoms with van der Waals surface area (Å²) in [6.07, 6.45) is 1.68. The van der Waals surface area contributed by atoms with Crippen molar-refractivity contribution in [3.05, 3.63) is 0 Å². The monoisotopic (exact) mass is 266 g/mol. The minimum Gasteiger partial charge on any atom is -0.0942 e. The normalized spacial score (nSPS) is 14.8. The smallest absolute Gasteiger partial charge is 0.0942 e. The average molecular weight is 268 g/mol. The van der Waals surface area contributed by atoms with Crippen molar-refractivity contribution in [3.63, 3.8) is 0 Å². The predicted molar refractivity (Wildman–Crippen MR) is 64.7 cm³/mol. The highest BCUT2D eigenvalue weighted by molar-refractivity contribution is 8.76. The van der Waals surface area contributed by atoms with Crippen molar-refractivity contribution in [3.8, 4) is 0 Å². The van der Waals surface area contributed by atoms with Gasteiger partial charge >= 0.3 is 0 Å². The summed E-state index contributed by atoms with van der Waals surface area (Å²) in [5.74, 6) is 1.10. The minimum atomic E-state index is -1.10. The van der Waals surface area contributed by atoms with Gasteiger partial charge in [-0.2, -0.15) is 0 Å². The molecular formula is C7H13Cl3S2. The Balaban J connectivity index is 3.67. The van der Waals surface area contributed by atoms with E-state index in [0.29, 0.717) is 11.7 Å². The standard InChI is InChI=1S/C7H13Cl3S2/c1-3-6(12-11-4-2)5-7(8,9)10/h6H,3-5H2,1-2H3. The second-order valence-corrected chi connectivity index (χ2v) is 7.83. The van der Waals surface area contributed by atoms with Gasteiger partial charge in [-0.25, -0.2) is 0 Å². The van der Waals surface area contributed by atoms with E-state index in [1.165, 1.54) is 0 Å². The molecule has 12 heavy (non-hydrogen) atoms. The Hall–Kier alpha value is 1.57. The van der Waals surface area contributed by atoms with Gasteiger partial charge in [0.25, 0.3) is 0 Å². The van der Waals surface area contributed by atoms with Crippen LogP contribution in [0, 0.1) is 0 Å². The highest BCUT2D eigenvalue weighted by atomic mass is 35.6. The van der Waals surface area contributed by atoms with Crippen LogP contribution in [0.2, 0.25) is 0 Å². The first kappa shape index (κ1) is 13.6. The third kappa shape index (κ3) is 8.18. The maximum absolute atomic E-state index is 5.69. The first-order chi connectivity index (χ1) is 5.49. The van der Waals surface area contributed by atoms with Gasteiger partial charge in [0.15, 0.2) is 3.79 Å². The Morgan fingerprint density at radius 1 is 1.25 bits per heavy atom. The molecule has 0 aromatic rings. The molecule has 0 saturated heterocycles. The molecule has 0 saturated carbocycles. The van der Waals surface area contributed by atoms with Gasteiger partial charge in [-0.3, -0.25) is 0 Å². The zero-order valence-electron chi connectivity index (χ0n) is 7.15. The van der Waals surface area contributed by atoms with Gasteiger partial charge in [0.1, 0.15) is 0 Å². The number of rotatable bonds is 5. The Morgan fingerprint density at radius 3 is 2.17 bits per heavy atom. The van der Waals surface area contributed by atoms with E-state index in [9.17, 15) is 0 Å². The van der Waals surface area contributed by atoms with Crippen LogP contribution in [0.1, 0.15) is 26.7 Å². The van der Waals surface area contributed by atoms with E-state index in [1.807, 2.05) is 21.6 Å². The quantitative estimate of drug-likeness (QED) is 0.512. The summed E-state index contributed by atoms with van der Waals surface area (Å²) in [6, 6.07) is 0. The first-order valence-electron chi connectivity index (χ1n) is 3.84. The van der Waals surface area contributed by atoms with E-state index in [1.54, 1.807) is 0 Å². The molecule has 0 spiro atoms. The van der Waals surface area contributed by atoms with Crippen LogP contribution >= 0.6 is 56.4 Å². The lowest BCUT2D eigenvalue weighted by atomic mass is 10.3. The molecule has 1 unspecified atom stereocenters. The topological polar surface area (TPSA) is 0 Å². The van der Waals surface area contributed by atoms with Gasteiger partial charge in [0.05, 0.1) is 0 Å². The van der Waals surface area contributed by atoms with Gasteiger partial charge in [-0.1, -0.05) is 70.2 Å². The van der Waals surface area contributed by atoms with Gasteiger partial charge < -0.3 is 0 Å². The first-order valence-corrected chi connectivity index (χ1v) is 7.36. The van der Waals surface area contributed by atoms with Crippen molar-refractivity contribution in [1.29, 1.82) is 0 Å². The molecule has 0 heterocycles. The third-order valence-corrected chi connectivity index (χ3v) is 4.78. The molecule has 0 amide bonds. The molecule has 0 aromatic carbocycles. The molecule has 0 aliphatic rings. The van der Waals surface area contributed by atoms with Gasteiger partial charge in [-0.15, -0.1) is 0 Å². The zero-order chi connectivity index (χ0) is 9.61. The molecule has 1 atom stereocenters. The lowest BCUT2D eigenvalue weighted by molar-refractivity contribution is 0.757. The third-order valence-electron chi connectivity index (χ3n) is 1.24. The second-order valence-electron chi connectivity index (χ2n) is 2.35. The van der Waals surface area contributed by atoms with Crippen LogP contribution in [-0.4, -0.2) is 14.8 Å². The molecule has 0 aliphatic heterocycles. The molecule has 0 fully saturated rings. The molecule has 0 bridgehead atoms. The van der Waals surface area contributed by atoms with E-state index >= 15 is 0 Å². The van der Waals surface area contributed by atoms with Crippen molar-refractivity contribution in [2.75, 3.05) is 5.75 Å². The number of halogens is 3. The summed E-state index contributed by atoms with van der Waals surface area (Å²) in [5, 5.41) is 0.447. The van der Waals surface area contributed by atoms with Crippen molar-refractivity contribution >= 4 is 56.4 Å². The molecule has 0 aliphatic carbocycles. The second kappa shape index (κ2) is 6.94. The summed E-state index contributed by atoms with van der Waals surface area (Å²) >= 11 is 17.1. The summed E-state index contributed by atoms with van der Waals surface area (Å²) in [4.78, 5) is 0. The lowest BCUT2D eigenvalue weighted by Crippen LogP contribution is -2.12. The Bertz CT molecular complexity index is 114. The average Bonchev–Trinajstić information content (AvgIpc) is 1.95. The van der Waals surface area contributed by atoms with Gasteiger partial charge in [0.2, 0.25) is 0 Å². The van der Waals surface area contributed by atoms with E-state index in [4.69, 9.17) is 34.8 Å². The molecule has 0 N–H and O–H groups in total. The summed E-state index contributed by atoms with van der Waals surface area (Å²) < 4.78 is -1.10. The fourth-order valence-electron chi connectivity index (χ4n) is 0.669. The number of alkyl halides is 3. The molecule has 0 nitrogen and oxygen atoms in total. The summed E-state index contributed by atoms with van der Waals surface area (Å²) in [5.41, 5.74) is 0. The highest BCUT2D eigenvalue weighted by Crippen LogP contribution is 2.39. The predicted octanol–water partition coefficient (Wildman–Crippen LogP) is 4.93. The van der Waals surface area contributed by atoms with E-state index in [-0.39, 0.29) is 0 Å². The molecule has 0 aromatic heterocycles.